The van der Waals surface area contributed by atoms with E-state index < -0.39 is 0 Å². The van der Waals surface area contributed by atoms with E-state index in [0.29, 0.717) is 6.42 Å². The first-order valence-corrected chi connectivity index (χ1v) is 4.12. The zero-order chi connectivity index (χ0) is 7.82. The van der Waals surface area contributed by atoms with Crippen LogP contribution in [0, 0.1) is 0 Å². The number of ether oxygens (including phenoxy) is 1. The average Bonchev–Trinajstić information content (AvgIpc) is 1.98. The van der Waals surface area contributed by atoms with Crippen molar-refractivity contribution >= 4 is 18.6 Å². The third-order valence-corrected chi connectivity index (χ3v) is 1.58. The van der Waals surface area contributed by atoms with Gasteiger partial charge in [-0.25, -0.2) is 0 Å². The molecule has 0 fully saturated rings. The van der Waals surface area contributed by atoms with E-state index in [4.69, 9.17) is 0 Å². The van der Waals surface area contributed by atoms with Crippen LogP contribution in [0.25, 0.3) is 0 Å². The first-order valence-electron chi connectivity index (χ1n) is 3.49. The molecule has 0 spiro atoms. The van der Waals surface area contributed by atoms with Crippen LogP contribution < -0.4 is 0 Å². The van der Waals surface area contributed by atoms with Crippen LogP contribution in [0.1, 0.15) is 25.7 Å². The Labute approximate surface area is 67.4 Å². The van der Waals surface area contributed by atoms with Crippen molar-refractivity contribution in [2.24, 2.45) is 0 Å². The molecule has 0 unspecified atom stereocenters. The normalized spacial score (nSPS) is 9.40. The summed E-state index contributed by atoms with van der Waals surface area (Å²) in [6.07, 6.45) is 3.62. The van der Waals surface area contributed by atoms with Crippen molar-refractivity contribution in [1.82, 2.24) is 0 Å². The van der Waals surface area contributed by atoms with Crippen molar-refractivity contribution in [1.29, 1.82) is 0 Å². The molecule has 0 amide bonds. The smallest absolute Gasteiger partial charge is 0.305 e. The van der Waals surface area contributed by atoms with Crippen molar-refractivity contribution in [2.45, 2.75) is 25.7 Å². The van der Waals surface area contributed by atoms with Gasteiger partial charge in [0, 0.05) is 6.42 Å². The molecule has 0 rings (SSSR count). The molecule has 0 bridgehead atoms. The van der Waals surface area contributed by atoms with Gasteiger partial charge in [-0.3, -0.25) is 4.79 Å². The Hall–Kier alpha value is -0.180. The van der Waals surface area contributed by atoms with Crippen LogP contribution in [-0.2, 0) is 9.53 Å². The lowest BCUT2D eigenvalue weighted by atomic mass is 10.2. The summed E-state index contributed by atoms with van der Waals surface area (Å²) in [7, 11) is 1.42. The zero-order valence-corrected chi connectivity index (χ0v) is 7.19. The molecule has 0 aliphatic heterocycles. The van der Waals surface area contributed by atoms with E-state index in [1.807, 2.05) is 0 Å². The van der Waals surface area contributed by atoms with E-state index in [-0.39, 0.29) is 5.97 Å². The summed E-state index contributed by atoms with van der Waals surface area (Å²) in [5.41, 5.74) is 0. The molecule has 0 saturated heterocycles. The Morgan fingerprint density at radius 2 is 2.10 bits per heavy atom. The lowest BCUT2D eigenvalue weighted by molar-refractivity contribution is -0.140. The highest BCUT2D eigenvalue weighted by atomic mass is 32.1. The van der Waals surface area contributed by atoms with Crippen LogP contribution in [0.2, 0.25) is 0 Å². The number of methoxy groups -OCH3 is 1. The molecule has 2 nitrogen and oxygen atoms in total. The molecule has 0 aliphatic rings. The first-order chi connectivity index (χ1) is 4.81. The van der Waals surface area contributed by atoms with Crippen molar-refractivity contribution in [3.05, 3.63) is 0 Å². The fraction of sp³-hybridized carbons (Fsp3) is 0.857. The van der Waals surface area contributed by atoms with Crippen molar-refractivity contribution < 1.29 is 9.53 Å². The van der Waals surface area contributed by atoms with Crippen LogP contribution >= 0.6 is 12.6 Å². The molecule has 0 aliphatic carbocycles. The highest BCUT2D eigenvalue weighted by Crippen LogP contribution is 2.01. The van der Waals surface area contributed by atoms with Gasteiger partial charge in [0.25, 0.3) is 0 Å². The maximum absolute atomic E-state index is 10.5. The molecule has 0 saturated carbocycles. The van der Waals surface area contributed by atoms with Gasteiger partial charge in [-0.15, -0.1) is 0 Å². The predicted octanol–water partition coefficient (Wildman–Crippen LogP) is 1.65. The second-order valence-corrected chi connectivity index (χ2v) is 2.56. The van der Waals surface area contributed by atoms with E-state index in [9.17, 15) is 4.79 Å². The Bertz CT molecular complexity index is 93.6. The molecule has 60 valence electrons. The Balaban J connectivity index is 2.96. The minimum atomic E-state index is -0.112. The lowest BCUT2D eigenvalue weighted by Crippen LogP contribution is -1.99. The fourth-order valence-electron chi connectivity index (χ4n) is 0.660. The molecule has 0 heterocycles. The summed E-state index contributed by atoms with van der Waals surface area (Å²) in [6, 6.07) is 0. The van der Waals surface area contributed by atoms with Crippen LogP contribution in [0.4, 0.5) is 0 Å². The largest absolute Gasteiger partial charge is 0.469 e. The van der Waals surface area contributed by atoms with E-state index in [2.05, 4.69) is 17.4 Å². The van der Waals surface area contributed by atoms with E-state index >= 15 is 0 Å². The van der Waals surface area contributed by atoms with Gasteiger partial charge in [-0.2, -0.15) is 12.6 Å². The quantitative estimate of drug-likeness (QED) is 0.378. The first kappa shape index (κ1) is 9.82. The van der Waals surface area contributed by atoms with Crippen molar-refractivity contribution in [2.75, 3.05) is 12.9 Å². The summed E-state index contributed by atoms with van der Waals surface area (Å²) in [6.45, 7) is 0. The number of unbranched alkanes of at least 4 members (excludes halogenated alkanes) is 2. The number of carbonyl (C=O) groups is 1. The maximum atomic E-state index is 10.5. The predicted molar refractivity (Wildman–Crippen MR) is 44.3 cm³/mol. The van der Waals surface area contributed by atoms with E-state index in [0.717, 1.165) is 25.0 Å². The fourth-order valence-corrected chi connectivity index (χ4v) is 0.884. The molecule has 0 aromatic heterocycles. The number of hydrogen-bond acceptors (Lipinski definition) is 3. The van der Waals surface area contributed by atoms with Gasteiger partial charge in [-0.1, -0.05) is 6.42 Å². The monoisotopic (exact) mass is 162 g/mol. The average molecular weight is 162 g/mol. The van der Waals surface area contributed by atoms with Crippen molar-refractivity contribution in [3.8, 4) is 0 Å². The summed E-state index contributed by atoms with van der Waals surface area (Å²) in [5.74, 6) is 0.792. The van der Waals surface area contributed by atoms with Gasteiger partial charge in [0.2, 0.25) is 0 Å². The third-order valence-electron chi connectivity index (χ3n) is 1.27. The standard InChI is InChI=1S/C7H14O2S/c1-9-7(8)5-3-2-4-6-10/h10H,2-6H2,1H3. The highest BCUT2D eigenvalue weighted by molar-refractivity contribution is 7.80. The Kier molecular flexibility index (Phi) is 6.81. The molecule has 0 atom stereocenters. The molecule has 3 heteroatoms. The maximum Gasteiger partial charge on any atom is 0.305 e. The Morgan fingerprint density at radius 1 is 1.40 bits per heavy atom. The number of rotatable bonds is 5. The van der Waals surface area contributed by atoms with Gasteiger partial charge in [0.1, 0.15) is 0 Å². The second kappa shape index (κ2) is 6.93. The van der Waals surface area contributed by atoms with Crippen LogP contribution in [-0.4, -0.2) is 18.8 Å². The van der Waals surface area contributed by atoms with Gasteiger partial charge in [0.15, 0.2) is 0 Å². The molecular weight excluding hydrogens is 148 g/mol. The van der Waals surface area contributed by atoms with Crippen LogP contribution in [0.15, 0.2) is 0 Å². The number of esters is 1. The van der Waals surface area contributed by atoms with Crippen LogP contribution in [0.3, 0.4) is 0 Å². The van der Waals surface area contributed by atoms with Gasteiger partial charge in [0.05, 0.1) is 7.11 Å². The van der Waals surface area contributed by atoms with Gasteiger partial charge >= 0.3 is 5.97 Å². The molecule has 0 N–H and O–H groups in total. The van der Waals surface area contributed by atoms with E-state index in [1.165, 1.54) is 7.11 Å². The summed E-state index contributed by atoms with van der Waals surface area (Å²) in [4.78, 5) is 10.5. The minimum Gasteiger partial charge on any atom is -0.469 e. The van der Waals surface area contributed by atoms with Crippen molar-refractivity contribution in [3.63, 3.8) is 0 Å². The molecular formula is C7H14O2S. The number of hydrogen-bond donors (Lipinski definition) is 1. The van der Waals surface area contributed by atoms with Gasteiger partial charge in [-0.05, 0) is 18.6 Å². The number of carbonyl (C=O) groups excluding carboxylic acids is 1. The van der Waals surface area contributed by atoms with Gasteiger partial charge < -0.3 is 4.74 Å². The Morgan fingerprint density at radius 3 is 2.60 bits per heavy atom. The molecule has 0 aromatic carbocycles. The summed E-state index contributed by atoms with van der Waals surface area (Å²) in [5, 5.41) is 0. The molecule has 0 radical (unpaired) electrons. The topological polar surface area (TPSA) is 26.3 Å². The highest BCUT2D eigenvalue weighted by Gasteiger charge is 1.97. The summed E-state index contributed by atoms with van der Waals surface area (Å²) < 4.78 is 4.47. The van der Waals surface area contributed by atoms with Crippen LogP contribution in [0.5, 0.6) is 0 Å². The lowest BCUT2D eigenvalue weighted by Gasteiger charge is -1.97. The zero-order valence-electron chi connectivity index (χ0n) is 6.30. The second-order valence-electron chi connectivity index (χ2n) is 2.11. The minimum absolute atomic E-state index is 0.112. The van der Waals surface area contributed by atoms with E-state index in [1.54, 1.807) is 0 Å². The summed E-state index contributed by atoms with van der Waals surface area (Å²) >= 11 is 4.05. The SMILES string of the molecule is COC(=O)CCCCCS. The number of thiol groups is 1. The molecule has 0 aromatic rings. The third kappa shape index (κ3) is 5.95. The molecule has 10 heavy (non-hydrogen) atoms.